The molecule has 7 nitrogen and oxygen atoms in total. The Morgan fingerprint density at radius 3 is 2.22 bits per heavy atom. The molecule has 0 unspecified atom stereocenters. The fourth-order valence-corrected chi connectivity index (χ4v) is 4.55. The van der Waals surface area contributed by atoms with Crippen LogP contribution in [0.5, 0.6) is 0 Å². The third-order valence-corrected chi connectivity index (χ3v) is 6.43. The quantitative estimate of drug-likeness (QED) is 0.615. The Labute approximate surface area is 190 Å². The second-order valence-corrected chi connectivity index (χ2v) is 8.71. The summed E-state index contributed by atoms with van der Waals surface area (Å²) in [5.74, 6) is 1.64. The molecular weight excluding hydrogens is 398 g/mol. The van der Waals surface area contributed by atoms with E-state index in [9.17, 15) is 0 Å². The van der Waals surface area contributed by atoms with Crippen LogP contribution < -0.4 is 9.80 Å². The molecule has 4 heterocycles. The number of hydrogen-bond acceptors (Lipinski definition) is 7. The van der Waals surface area contributed by atoms with Gasteiger partial charge in [-0.05, 0) is 37.8 Å². The average molecular weight is 430 g/mol. The highest BCUT2D eigenvalue weighted by molar-refractivity contribution is 5.62. The molecule has 3 aromatic rings. The molecule has 1 aromatic carbocycles. The van der Waals surface area contributed by atoms with Gasteiger partial charge in [-0.25, -0.2) is 19.9 Å². The fourth-order valence-electron chi connectivity index (χ4n) is 4.55. The lowest BCUT2D eigenvalue weighted by Gasteiger charge is -2.34. The molecule has 0 aliphatic carbocycles. The van der Waals surface area contributed by atoms with Crippen LogP contribution in [0.1, 0.15) is 30.5 Å². The number of piperidine rings is 1. The SMILES string of the molecule is Cc1nc(N2CCCCC2)ncc1-c1ccnc(N2CCN(Cc3ccccc3)CC2)n1. The maximum absolute atomic E-state index is 4.88. The zero-order valence-corrected chi connectivity index (χ0v) is 18.8. The predicted octanol–water partition coefficient (Wildman–Crippen LogP) is 3.55. The Kier molecular flexibility index (Phi) is 6.25. The van der Waals surface area contributed by atoms with E-state index in [1.807, 2.05) is 18.5 Å². The first-order valence-electron chi connectivity index (χ1n) is 11.7. The highest BCUT2D eigenvalue weighted by Crippen LogP contribution is 2.24. The monoisotopic (exact) mass is 429 g/mol. The summed E-state index contributed by atoms with van der Waals surface area (Å²) in [5, 5.41) is 0. The fraction of sp³-hybridized carbons (Fsp3) is 0.440. The summed E-state index contributed by atoms with van der Waals surface area (Å²) in [6.45, 7) is 9.02. The van der Waals surface area contributed by atoms with Crippen LogP contribution in [0.15, 0.2) is 48.8 Å². The van der Waals surface area contributed by atoms with E-state index in [1.54, 1.807) is 0 Å². The predicted molar refractivity (Wildman–Crippen MR) is 128 cm³/mol. The number of aromatic nitrogens is 4. The Balaban J connectivity index is 1.26. The van der Waals surface area contributed by atoms with E-state index in [2.05, 4.69) is 61.9 Å². The largest absolute Gasteiger partial charge is 0.341 e. The van der Waals surface area contributed by atoms with Crippen LogP contribution in [0, 0.1) is 6.92 Å². The zero-order valence-electron chi connectivity index (χ0n) is 18.8. The number of piperazine rings is 1. The molecule has 2 fully saturated rings. The molecule has 2 aliphatic rings. The van der Waals surface area contributed by atoms with Crippen LogP contribution in [0.3, 0.4) is 0 Å². The van der Waals surface area contributed by atoms with E-state index in [0.717, 1.165) is 74.7 Å². The maximum Gasteiger partial charge on any atom is 0.225 e. The smallest absolute Gasteiger partial charge is 0.225 e. The third kappa shape index (κ3) is 4.72. The van der Waals surface area contributed by atoms with Crippen LogP contribution >= 0.6 is 0 Å². The first kappa shape index (κ1) is 20.8. The lowest BCUT2D eigenvalue weighted by Crippen LogP contribution is -2.46. The second-order valence-electron chi connectivity index (χ2n) is 8.71. The summed E-state index contributed by atoms with van der Waals surface area (Å²) < 4.78 is 0. The van der Waals surface area contributed by atoms with Gasteiger partial charge in [0.05, 0.1) is 11.4 Å². The van der Waals surface area contributed by atoms with Crippen molar-refractivity contribution in [3.8, 4) is 11.3 Å². The van der Waals surface area contributed by atoms with Crippen LogP contribution in [-0.4, -0.2) is 64.1 Å². The van der Waals surface area contributed by atoms with Crippen molar-refractivity contribution >= 4 is 11.9 Å². The molecule has 0 atom stereocenters. The topological polar surface area (TPSA) is 61.3 Å². The van der Waals surface area contributed by atoms with Gasteiger partial charge >= 0.3 is 0 Å². The standard InChI is InChI=1S/C25H31N7/c1-20-22(18-27-25(28-20)31-12-6-3-7-13-31)23-10-11-26-24(29-23)32-16-14-30(15-17-32)19-21-8-4-2-5-9-21/h2,4-5,8-11,18H,3,6-7,12-17,19H2,1H3. The molecule has 2 aliphatic heterocycles. The van der Waals surface area contributed by atoms with Gasteiger partial charge in [-0.2, -0.15) is 0 Å². The van der Waals surface area contributed by atoms with Crippen LogP contribution in [-0.2, 0) is 6.54 Å². The molecule has 0 spiro atoms. The number of benzene rings is 1. The van der Waals surface area contributed by atoms with Crippen molar-refractivity contribution in [3.63, 3.8) is 0 Å². The average Bonchev–Trinajstić information content (AvgIpc) is 2.86. The van der Waals surface area contributed by atoms with Crippen LogP contribution in [0.4, 0.5) is 11.9 Å². The van der Waals surface area contributed by atoms with Crippen molar-refractivity contribution in [1.82, 2.24) is 24.8 Å². The number of hydrogen-bond donors (Lipinski definition) is 0. The molecule has 0 saturated carbocycles. The van der Waals surface area contributed by atoms with E-state index in [0.29, 0.717) is 0 Å². The zero-order chi connectivity index (χ0) is 21.8. The summed E-state index contributed by atoms with van der Waals surface area (Å²) >= 11 is 0. The summed E-state index contributed by atoms with van der Waals surface area (Å²) in [7, 11) is 0. The molecular formula is C25H31N7. The van der Waals surface area contributed by atoms with Crippen molar-refractivity contribution in [3.05, 3.63) is 60.0 Å². The summed E-state index contributed by atoms with van der Waals surface area (Å²) in [4.78, 5) is 26.0. The summed E-state index contributed by atoms with van der Waals surface area (Å²) in [6, 6.07) is 12.6. The minimum atomic E-state index is 0.793. The Hall–Kier alpha value is -3.06. The van der Waals surface area contributed by atoms with Gasteiger partial charge in [-0.1, -0.05) is 30.3 Å². The van der Waals surface area contributed by atoms with Gasteiger partial charge in [0.1, 0.15) is 0 Å². The third-order valence-electron chi connectivity index (χ3n) is 6.43. The molecule has 2 saturated heterocycles. The highest BCUT2D eigenvalue weighted by Gasteiger charge is 2.20. The van der Waals surface area contributed by atoms with Crippen molar-refractivity contribution in [1.29, 1.82) is 0 Å². The first-order chi connectivity index (χ1) is 15.8. The van der Waals surface area contributed by atoms with Gasteiger partial charge in [-0.3, -0.25) is 4.90 Å². The van der Waals surface area contributed by atoms with E-state index < -0.39 is 0 Å². The Bertz CT molecular complexity index is 1030. The van der Waals surface area contributed by atoms with Gasteiger partial charge in [-0.15, -0.1) is 0 Å². The molecule has 0 N–H and O–H groups in total. The van der Waals surface area contributed by atoms with E-state index in [4.69, 9.17) is 9.97 Å². The summed E-state index contributed by atoms with van der Waals surface area (Å²) in [6.07, 6.45) is 7.52. The summed E-state index contributed by atoms with van der Waals surface area (Å²) in [5.41, 5.74) is 4.21. The van der Waals surface area contributed by atoms with Crippen molar-refractivity contribution in [2.24, 2.45) is 0 Å². The number of aryl methyl sites for hydroxylation is 1. The van der Waals surface area contributed by atoms with Crippen LogP contribution in [0.2, 0.25) is 0 Å². The minimum Gasteiger partial charge on any atom is -0.341 e. The molecule has 0 radical (unpaired) electrons. The first-order valence-corrected chi connectivity index (χ1v) is 11.7. The number of nitrogens with zero attached hydrogens (tertiary/aromatic N) is 7. The lowest BCUT2D eigenvalue weighted by molar-refractivity contribution is 0.248. The number of rotatable bonds is 5. The molecule has 2 aromatic heterocycles. The molecule has 7 heteroatoms. The van der Waals surface area contributed by atoms with Gasteiger partial charge in [0, 0.05) is 63.8 Å². The minimum absolute atomic E-state index is 0.793. The van der Waals surface area contributed by atoms with Crippen molar-refractivity contribution in [2.75, 3.05) is 49.1 Å². The van der Waals surface area contributed by atoms with Gasteiger partial charge in [0.15, 0.2) is 0 Å². The van der Waals surface area contributed by atoms with E-state index in [-0.39, 0.29) is 0 Å². The molecule has 166 valence electrons. The van der Waals surface area contributed by atoms with Crippen LogP contribution in [0.25, 0.3) is 11.3 Å². The second kappa shape index (κ2) is 9.61. The van der Waals surface area contributed by atoms with Crippen molar-refractivity contribution in [2.45, 2.75) is 32.7 Å². The number of anilines is 2. The normalized spacial score (nSPS) is 17.5. The van der Waals surface area contributed by atoms with E-state index in [1.165, 1.54) is 24.8 Å². The van der Waals surface area contributed by atoms with Gasteiger partial charge < -0.3 is 9.80 Å². The van der Waals surface area contributed by atoms with E-state index >= 15 is 0 Å². The van der Waals surface area contributed by atoms with Gasteiger partial charge in [0.25, 0.3) is 0 Å². The lowest BCUT2D eigenvalue weighted by atomic mass is 10.1. The Morgan fingerprint density at radius 2 is 1.47 bits per heavy atom. The molecule has 0 amide bonds. The van der Waals surface area contributed by atoms with Gasteiger partial charge in [0.2, 0.25) is 11.9 Å². The molecule has 0 bridgehead atoms. The molecule has 32 heavy (non-hydrogen) atoms. The maximum atomic E-state index is 4.88. The Morgan fingerprint density at radius 1 is 0.750 bits per heavy atom. The highest BCUT2D eigenvalue weighted by atomic mass is 15.3. The van der Waals surface area contributed by atoms with Crippen molar-refractivity contribution < 1.29 is 0 Å². The molecule has 5 rings (SSSR count).